The van der Waals surface area contributed by atoms with Gasteiger partial charge in [-0.1, -0.05) is 6.92 Å². The molecular formula is C11H16N2OS. The van der Waals surface area contributed by atoms with E-state index in [0.717, 1.165) is 25.3 Å². The Labute approximate surface area is 94.1 Å². The third-order valence-electron chi connectivity index (χ3n) is 3.05. The molecule has 0 bridgehead atoms. The van der Waals surface area contributed by atoms with Crippen molar-refractivity contribution in [3.05, 3.63) is 16.6 Å². The van der Waals surface area contributed by atoms with E-state index in [2.05, 4.69) is 18.8 Å². The van der Waals surface area contributed by atoms with Gasteiger partial charge in [0.25, 0.3) is 5.91 Å². The highest BCUT2D eigenvalue weighted by Gasteiger charge is 2.28. The van der Waals surface area contributed by atoms with Gasteiger partial charge in [-0.15, -0.1) is 11.3 Å². The summed E-state index contributed by atoms with van der Waals surface area (Å²) in [5, 5.41) is 1.83. The van der Waals surface area contributed by atoms with Crippen molar-refractivity contribution in [1.82, 2.24) is 9.88 Å². The molecule has 0 aromatic carbocycles. The topological polar surface area (TPSA) is 33.2 Å². The second-order valence-corrected chi connectivity index (χ2v) is 5.07. The second-order valence-electron chi connectivity index (χ2n) is 4.35. The molecule has 1 aliphatic heterocycles. The van der Waals surface area contributed by atoms with Crippen molar-refractivity contribution in [3.8, 4) is 0 Å². The van der Waals surface area contributed by atoms with Crippen LogP contribution < -0.4 is 0 Å². The number of thiazole rings is 1. The summed E-state index contributed by atoms with van der Waals surface area (Å²) in [5.74, 6) is 0.829. The average molecular weight is 224 g/mol. The first-order valence-corrected chi connectivity index (χ1v) is 6.32. The maximum atomic E-state index is 12.0. The monoisotopic (exact) mass is 224 g/mol. The first-order chi connectivity index (χ1) is 7.18. The van der Waals surface area contributed by atoms with E-state index in [4.69, 9.17) is 0 Å². The summed E-state index contributed by atoms with van der Waals surface area (Å²) < 4.78 is 0. The van der Waals surface area contributed by atoms with E-state index in [1.807, 2.05) is 10.3 Å². The zero-order valence-corrected chi connectivity index (χ0v) is 9.96. The van der Waals surface area contributed by atoms with E-state index in [9.17, 15) is 4.79 Å². The Kier molecular flexibility index (Phi) is 3.05. The highest BCUT2D eigenvalue weighted by atomic mass is 32.1. The molecule has 82 valence electrons. The van der Waals surface area contributed by atoms with Crippen LogP contribution in [0.5, 0.6) is 0 Å². The number of aromatic nitrogens is 1. The van der Waals surface area contributed by atoms with Crippen LogP contribution in [0.15, 0.2) is 10.9 Å². The van der Waals surface area contributed by atoms with E-state index in [1.165, 1.54) is 11.3 Å². The molecule has 1 fully saturated rings. The van der Waals surface area contributed by atoms with Gasteiger partial charge < -0.3 is 4.90 Å². The van der Waals surface area contributed by atoms with Crippen LogP contribution >= 0.6 is 11.3 Å². The lowest BCUT2D eigenvalue weighted by atomic mass is 9.93. The number of hydrogen-bond acceptors (Lipinski definition) is 3. The molecule has 4 heteroatoms. The molecule has 1 aromatic heterocycles. The molecule has 0 radical (unpaired) electrons. The van der Waals surface area contributed by atoms with E-state index < -0.39 is 0 Å². The Bertz CT molecular complexity index is 336. The maximum Gasteiger partial charge on any atom is 0.273 e. The van der Waals surface area contributed by atoms with Gasteiger partial charge in [0.1, 0.15) is 5.69 Å². The van der Waals surface area contributed by atoms with E-state index >= 15 is 0 Å². The Morgan fingerprint density at radius 1 is 1.60 bits per heavy atom. The normalized spacial score (nSPS) is 26.7. The largest absolute Gasteiger partial charge is 0.335 e. The molecule has 15 heavy (non-hydrogen) atoms. The average Bonchev–Trinajstić information content (AvgIpc) is 2.69. The molecule has 1 aliphatic rings. The summed E-state index contributed by atoms with van der Waals surface area (Å²) in [6.07, 6.45) is 2.22. The predicted octanol–water partition coefficient (Wildman–Crippen LogP) is 2.40. The quantitative estimate of drug-likeness (QED) is 0.734. The minimum Gasteiger partial charge on any atom is -0.335 e. The van der Waals surface area contributed by atoms with Gasteiger partial charge in [-0.25, -0.2) is 4.98 Å². The van der Waals surface area contributed by atoms with Gasteiger partial charge in [0.15, 0.2) is 0 Å². The van der Waals surface area contributed by atoms with Crippen molar-refractivity contribution in [2.75, 3.05) is 6.54 Å². The zero-order chi connectivity index (χ0) is 10.8. The van der Waals surface area contributed by atoms with Crippen molar-refractivity contribution in [2.24, 2.45) is 5.92 Å². The van der Waals surface area contributed by atoms with Gasteiger partial charge >= 0.3 is 0 Å². The molecule has 1 amide bonds. The third-order valence-corrected chi connectivity index (χ3v) is 3.64. The van der Waals surface area contributed by atoms with E-state index in [1.54, 1.807) is 5.51 Å². The van der Waals surface area contributed by atoms with Gasteiger partial charge in [-0.2, -0.15) is 0 Å². The lowest BCUT2D eigenvalue weighted by molar-refractivity contribution is 0.0583. The van der Waals surface area contributed by atoms with Gasteiger partial charge in [-0.05, 0) is 25.7 Å². The number of rotatable bonds is 1. The first kappa shape index (κ1) is 10.6. The summed E-state index contributed by atoms with van der Waals surface area (Å²) in [5.41, 5.74) is 2.31. The number of amides is 1. The Balaban J connectivity index is 2.08. The summed E-state index contributed by atoms with van der Waals surface area (Å²) in [7, 11) is 0. The fourth-order valence-electron chi connectivity index (χ4n) is 2.17. The Morgan fingerprint density at radius 3 is 3.00 bits per heavy atom. The van der Waals surface area contributed by atoms with E-state index in [-0.39, 0.29) is 5.91 Å². The number of carbonyl (C=O) groups is 1. The molecule has 2 unspecified atom stereocenters. The van der Waals surface area contributed by atoms with Crippen LogP contribution in [-0.2, 0) is 0 Å². The SMILES string of the molecule is CC1CCN(C(=O)c2cscn2)C(C)C1. The maximum absolute atomic E-state index is 12.0. The number of nitrogens with zero attached hydrogens (tertiary/aromatic N) is 2. The standard InChI is InChI=1S/C11H16N2OS/c1-8-3-4-13(9(2)5-8)11(14)10-6-15-7-12-10/h6-9H,3-5H2,1-2H3. The van der Waals surface area contributed by atoms with Crippen LogP contribution in [0.25, 0.3) is 0 Å². The van der Waals surface area contributed by atoms with Crippen molar-refractivity contribution < 1.29 is 4.79 Å². The number of hydrogen-bond donors (Lipinski definition) is 0. The van der Waals surface area contributed by atoms with Crippen molar-refractivity contribution >= 4 is 17.2 Å². The molecule has 2 rings (SSSR count). The predicted molar refractivity (Wildman–Crippen MR) is 61.0 cm³/mol. The van der Waals surface area contributed by atoms with Gasteiger partial charge in [0.05, 0.1) is 5.51 Å². The minimum absolute atomic E-state index is 0.0932. The van der Waals surface area contributed by atoms with Crippen LogP contribution in [0.1, 0.15) is 37.2 Å². The lowest BCUT2D eigenvalue weighted by Crippen LogP contribution is -2.44. The fourth-order valence-corrected chi connectivity index (χ4v) is 2.70. The Hall–Kier alpha value is -0.900. The molecule has 0 saturated carbocycles. The zero-order valence-electron chi connectivity index (χ0n) is 9.14. The number of likely N-dealkylation sites (tertiary alicyclic amines) is 1. The number of piperidine rings is 1. The molecule has 2 heterocycles. The van der Waals surface area contributed by atoms with Gasteiger partial charge in [0.2, 0.25) is 0 Å². The molecule has 0 aliphatic carbocycles. The van der Waals surface area contributed by atoms with Crippen LogP contribution in [-0.4, -0.2) is 28.4 Å². The number of carbonyl (C=O) groups excluding carboxylic acids is 1. The van der Waals surface area contributed by atoms with Crippen LogP contribution in [0.2, 0.25) is 0 Å². The van der Waals surface area contributed by atoms with Crippen molar-refractivity contribution in [3.63, 3.8) is 0 Å². The smallest absolute Gasteiger partial charge is 0.273 e. The summed E-state index contributed by atoms with van der Waals surface area (Å²) in [6, 6.07) is 0.350. The third kappa shape index (κ3) is 2.20. The molecule has 1 aromatic rings. The highest BCUT2D eigenvalue weighted by molar-refractivity contribution is 7.07. The van der Waals surface area contributed by atoms with Crippen LogP contribution in [0.4, 0.5) is 0 Å². The lowest BCUT2D eigenvalue weighted by Gasteiger charge is -2.36. The molecule has 0 N–H and O–H groups in total. The summed E-state index contributed by atoms with van der Waals surface area (Å²) in [6.45, 7) is 5.25. The van der Waals surface area contributed by atoms with Crippen molar-refractivity contribution in [2.45, 2.75) is 32.7 Å². The van der Waals surface area contributed by atoms with Crippen LogP contribution in [0.3, 0.4) is 0 Å². The van der Waals surface area contributed by atoms with Gasteiger partial charge in [-0.3, -0.25) is 4.79 Å². The molecule has 3 nitrogen and oxygen atoms in total. The van der Waals surface area contributed by atoms with E-state index in [0.29, 0.717) is 11.7 Å². The summed E-state index contributed by atoms with van der Waals surface area (Å²) in [4.78, 5) is 18.1. The van der Waals surface area contributed by atoms with Crippen molar-refractivity contribution in [1.29, 1.82) is 0 Å². The molecule has 0 spiro atoms. The molecular weight excluding hydrogens is 208 g/mol. The van der Waals surface area contributed by atoms with Crippen LogP contribution in [0, 0.1) is 5.92 Å². The first-order valence-electron chi connectivity index (χ1n) is 5.37. The molecule has 1 saturated heterocycles. The fraction of sp³-hybridized carbons (Fsp3) is 0.636. The minimum atomic E-state index is 0.0932. The Morgan fingerprint density at radius 2 is 2.40 bits per heavy atom. The van der Waals surface area contributed by atoms with Gasteiger partial charge in [0, 0.05) is 18.0 Å². The molecule has 2 atom stereocenters. The highest BCUT2D eigenvalue weighted by Crippen LogP contribution is 2.23. The second kappa shape index (κ2) is 4.31. The summed E-state index contributed by atoms with van der Waals surface area (Å²) >= 11 is 1.48.